The van der Waals surface area contributed by atoms with Crippen molar-refractivity contribution < 1.29 is 23.1 Å². The number of rotatable bonds is 6. The molecule has 0 saturated carbocycles. The maximum Gasteiger partial charge on any atom is 0.340 e. The number of halogens is 2. The molecule has 0 aliphatic carbocycles. The predicted octanol–water partition coefficient (Wildman–Crippen LogP) is 3.93. The molecule has 1 heterocycles. The lowest BCUT2D eigenvalue weighted by molar-refractivity contribution is 0.0527. The van der Waals surface area contributed by atoms with Gasteiger partial charge < -0.3 is 15.4 Å². The number of nitrogens with one attached hydrogen (secondary N) is 2. The van der Waals surface area contributed by atoms with Crippen LogP contribution in [0.4, 0.5) is 26.0 Å². The SMILES string of the molecule is CCOC(=O)c1ccccc1NC(=O)c1cnc(Nc2c(F)cccc2F)cn1. The molecule has 0 spiro atoms. The normalized spacial score (nSPS) is 10.3. The first-order valence-corrected chi connectivity index (χ1v) is 8.60. The van der Waals surface area contributed by atoms with Gasteiger partial charge in [0.25, 0.3) is 5.91 Å². The monoisotopic (exact) mass is 398 g/mol. The van der Waals surface area contributed by atoms with Crippen LogP contribution in [0.15, 0.2) is 54.9 Å². The molecular weight excluding hydrogens is 382 g/mol. The average molecular weight is 398 g/mol. The highest BCUT2D eigenvalue weighted by molar-refractivity contribution is 6.07. The molecule has 0 aliphatic rings. The van der Waals surface area contributed by atoms with Gasteiger partial charge in [0.1, 0.15) is 28.8 Å². The number of hydrogen-bond acceptors (Lipinski definition) is 6. The quantitative estimate of drug-likeness (QED) is 0.611. The summed E-state index contributed by atoms with van der Waals surface area (Å²) in [5.74, 6) is -2.70. The van der Waals surface area contributed by atoms with Crippen LogP contribution in [0.2, 0.25) is 0 Å². The number of anilines is 3. The van der Waals surface area contributed by atoms with Crippen molar-refractivity contribution in [3.05, 3.63) is 77.8 Å². The number of carbonyl (C=O) groups excluding carboxylic acids is 2. The lowest BCUT2D eigenvalue weighted by Crippen LogP contribution is -2.17. The van der Waals surface area contributed by atoms with Crippen LogP contribution in [0.25, 0.3) is 0 Å². The fraction of sp³-hybridized carbons (Fsp3) is 0.100. The van der Waals surface area contributed by atoms with E-state index in [-0.39, 0.29) is 35.1 Å². The molecule has 148 valence electrons. The van der Waals surface area contributed by atoms with Gasteiger partial charge in [-0.25, -0.2) is 23.5 Å². The number of esters is 1. The van der Waals surface area contributed by atoms with Crippen LogP contribution in [0, 0.1) is 11.6 Å². The van der Waals surface area contributed by atoms with E-state index in [4.69, 9.17) is 4.74 Å². The van der Waals surface area contributed by atoms with E-state index in [2.05, 4.69) is 20.6 Å². The number of carbonyl (C=O) groups is 2. The van der Waals surface area contributed by atoms with Gasteiger partial charge in [-0.1, -0.05) is 18.2 Å². The standard InChI is InChI=1S/C20H16F2N4O3/c1-2-29-20(28)12-6-3-4-9-15(12)25-19(27)16-10-24-17(11-23-16)26-18-13(21)7-5-8-14(18)22/h3-11H,2H2,1H3,(H,24,26)(H,25,27). The van der Waals surface area contributed by atoms with Crippen molar-refractivity contribution in [2.75, 3.05) is 17.2 Å². The summed E-state index contributed by atoms with van der Waals surface area (Å²) in [4.78, 5) is 32.3. The van der Waals surface area contributed by atoms with Crippen LogP contribution in [-0.2, 0) is 4.74 Å². The van der Waals surface area contributed by atoms with Crippen LogP contribution in [0.5, 0.6) is 0 Å². The molecule has 1 amide bonds. The highest BCUT2D eigenvalue weighted by atomic mass is 19.1. The first kappa shape index (κ1) is 19.9. The Hall–Kier alpha value is -3.88. The first-order chi connectivity index (χ1) is 14.0. The number of amides is 1. The van der Waals surface area contributed by atoms with Gasteiger partial charge in [0, 0.05) is 0 Å². The zero-order valence-electron chi connectivity index (χ0n) is 15.3. The molecule has 2 aromatic carbocycles. The Morgan fingerprint density at radius 1 is 1.00 bits per heavy atom. The van der Waals surface area contributed by atoms with Gasteiger partial charge in [0.05, 0.1) is 30.3 Å². The third kappa shape index (κ3) is 4.70. The first-order valence-electron chi connectivity index (χ1n) is 8.60. The maximum absolute atomic E-state index is 13.7. The molecule has 9 heteroatoms. The van der Waals surface area contributed by atoms with E-state index in [1.165, 1.54) is 12.1 Å². The summed E-state index contributed by atoms with van der Waals surface area (Å²) < 4.78 is 32.3. The van der Waals surface area contributed by atoms with Crippen LogP contribution >= 0.6 is 0 Å². The molecule has 0 saturated heterocycles. The minimum absolute atomic E-state index is 0.0526. The van der Waals surface area contributed by atoms with Crippen molar-refractivity contribution >= 4 is 29.1 Å². The average Bonchev–Trinajstić information content (AvgIpc) is 2.72. The second kappa shape index (κ2) is 8.87. The van der Waals surface area contributed by atoms with Gasteiger partial charge in [-0.15, -0.1) is 0 Å². The van der Waals surface area contributed by atoms with Crippen molar-refractivity contribution in [3.8, 4) is 0 Å². The fourth-order valence-corrected chi connectivity index (χ4v) is 2.42. The van der Waals surface area contributed by atoms with Gasteiger partial charge in [-0.05, 0) is 31.2 Å². The van der Waals surface area contributed by atoms with Crippen LogP contribution in [0.3, 0.4) is 0 Å². The molecule has 0 aliphatic heterocycles. The summed E-state index contributed by atoms with van der Waals surface area (Å²) in [7, 11) is 0. The Morgan fingerprint density at radius 3 is 2.38 bits per heavy atom. The third-order valence-corrected chi connectivity index (χ3v) is 3.77. The number of nitrogens with zero attached hydrogens (tertiary/aromatic N) is 2. The molecule has 2 N–H and O–H groups in total. The van der Waals surface area contributed by atoms with E-state index in [1.54, 1.807) is 25.1 Å². The molecule has 3 rings (SSSR count). The van der Waals surface area contributed by atoms with E-state index in [0.717, 1.165) is 24.5 Å². The molecule has 0 unspecified atom stereocenters. The second-order valence-corrected chi connectivity index (χ2v) is 5.73. The van der Waals surface area contributed by atoms with Gasteiger partial charge in [-0.2, -0.15) is 0 Å². The summed E-state index contributed by atoms with van der Waals surface area (Å²) >= 11 is 0. The molecule has 0 radical (unpaired) electrons. The van der Waals surface area contributed by atoms with E-state index in [0.29, 0.717) is 0 Å². The largest absolute Gasteiger partial charge is 0.462 e. The predicted molar refractivity (Wildman–Crippen MR) is 102 cm³/mol. The minimum Gasteiger partial charge on any atom is -0.462 e. The van der Waals surface area contributed by atoms with E-state index >= 15 is 0 Å². The molecule has 7 nitrogen and oxygen atoms in total. The number of benzene rings is 2. The number of para-hydroxylation sites is 2. The van der Waals surface area contributed by atoms with Crippen molar-refractivity contribution in [1.82, 2.24) is 9.97 Å². The summed E-state index contributed by atoms with van der Waals surface area (Å²) in [6, 6.07) is 9.81. The summed E-state index contributed by atoms with van der Waals surface area (Å²) in [5.41, 5.74) is 0.0305. The van der Waals surface area contributed by atoms with E-state index < -0.39 is 23.5 Å². The van der Waals surface area contributed by atoms with Gasteiger partial charge in [0.2, 0.25) is 0 Å². The van der Waals surface area contributed by atoms with Gasteiger partial charge in [-0.3, -0.25) is 4.79 Å². The Bertz CT molecular complexity index is 1020. The molecular formula is C20H16F2N4O3. The zero-order valence-corrected chi connectivity index (χ0v) is 15.3. The van der Waals surface area contributed by atoms with E-state index in [1.807, 2.05) is 0 Å². The number of aromatic nitrogens is 2. The van der Waals surface area contributed by atoms with Crippen molar-refractivity contribution in [3.63, 3.8) is 0 Å². The van der Waals surface area contributed by atoms with Crippen LogP contribution < -0.4 is 10.6 Å². The third-order valence-electron chi connectivity index (χ3n) is 3.77. The Balaban J connectivity index is 1.74. The molecule has 0 fully saturated rings. The summed E-state index contributed by atoms with van der Waals surface area (Å²) in [5, 5.41) is 5.05. The van der Waals surface area contributed by atoms with Crippen LogP contribution in [0.1, 0.15) is 27.8 Å². The van der Waals surface area contributed by atoms with E-state index in [9.17, 15) is 18.4 Å². The van der Waals surface area contributed by atoms with Crippen molar-refractivity contribution in [2.24, 2.45) is 0 Å². The maximum atomic E-state index is 13.7. The molecule has 29 heavy (non-hydrogen) atoms. The zero-order chi connectivity index (χ0) is 20.8. The Labute approximate surface area is 164 Å². The topological polar surface area (TPSA) is 93.2 Å². The van der Waals surface area contributed by atoms with Gasteiger partial charge >= 0.3 is 5.97 Å². The summed E-state index contributed by atoms with van der Waals surface area (Å²) in [6.45, 7) is 1.88. The van der Waals surface area contributed by atoms with Crippen LogP contribution in [-0.4, -0.2) is 28.5 Å². The smallest absolute Gasteiger partial charge is 0.340 e. The lowest BCUT2D eigenvalue weighted by Gasteiger charge is -2.10. The Kier molecular flexibility index (Phi) is 6.08. The molecule has 0 bridgehead atoms. The lowest BCUT2D eigenvalue weighted by atomic mass is 10.1. The summed E-state index contributed by atoms with van der Waals surface area (Å²) in [6.07, 6.45) is 2.31. The highest BCUT2D eigenvalue weighted by Crippen LogP contribution is 2.22. The molecule has 0 atom stereocenters. The Morgan fingerprint density at radius 2 is 1.72 bits per heavy atom. The van der Waals surface area contributed by atoms with Gasteiger partial charge in [0.15, 0.2) is 0 Å². The molecule has 1 aromatic heterocycles. The number of ether oxygens (including phenoxy) is 1. The number of hydrogen-bond donors (Lipinski definition) is 2. The highest BCUT2D eigenvalue weighted by Gasteiger charge is 2.16. The molecule has 3 aromatic rings. The van der Waals surface area contributed by atoms with Crippen molar-refractivity contribution in [2.45, 2.75) is 6.92 Å². The van der Waals surface area contributed by atoms with Crippen molar-refractivity contribution in [1.29, 1.82) is 0 Å². The second-order valence-electron chi connectivity index (χ2n) is 5.73. The fourth-order valence-electron chi connectivity index (χ4n) is 2.42. The minimum atomic E-state index is -0.788.